The number of rotatable bonds is 5. The summed E-state index contributed by atoms with van der Waals surface area (Å²) in [5.74, 6) is 0.749. The molecule has 0 aromatic heterocycles. The molecule has 3 aromatic rings. The summed E-state index contributed by atoms with van der Waals surface area (Å²) in [6, 6.07) is 20.7. The minimum atomic E-state index is -4.51. The van der Waals surface area contributed by atoms with Crippen molar-refractivity contribution in [1.82, 2.24) is 0 Å². The van der Waals surface area contributed by atoms with E-state index >= 15 is 0 Å². The van der Waals surface area contributed by atoms with Crippen molar-refractivity contribution in [3.05, 3.63) is 89.5 Å². The Morgan fingerprint density at radius 3 is 2.15 bits per heavy atom. The van der Waals surface area contributed by atoms with Crippen molar-refractivity contribution in [2.45, 2.75) is 12.8 Å². The van der Waals surface area contributed by atoms with Crippen molar-refractivity contribution in [3.63, 3.8) is 0 Å². The molecule has 0 amide bonds. The quantitative estimate of drug-likeness (QED) is 0.558. The van der Waals surface area contributed by atoms with Crippen molar-refractivity contribution in [2.24, 2.45) is 0 Å². The number of ether oxygens (including phenoxy) is 2. The van der Waals surface area contributed by atoms with Crippen LogP contribution in [0.5, 0.6) is 17.2 Å². The molecule has 0 saturated carbocycles. The molecule has 6 heteroatoms. The molecular formula is C21H14F3NO2. The molecular weight excluding hydrogens is 355 g/mol. The molecule has 0 spiro atoms. The van der Waals surface area contributed by atoms with Crippen LogP contribution in [0.4, 0.5) is 13.2 Å². The third kappa shape index (κ3) is 4.79. The Morgan fingerprint density at radius 2 is 1.52 bits per heavy atom. The van der Waals surface area contributed by atoms with Crippen molar-refractivity contribution in [1.29, 1.82) is 5.26 Å². The van der Waals surface area contributed by atoms with E-state index in [4.69, 9.17) is 14.7 Å². The molecule has 0 bridgehead atoms. The van der Waals surface area contributed by atoms with Crippen molar-refractivity contribution >= 4 is 0 Å². The first kappa shape index (κ1) is 18.3. The standard InChI is InChI=1S/C21H14F3NO2/c22-21(23,24)17-7-6-16(13-25)20(12-17)27-19-10-8-18(9-11-19)26-14-15-4-2-1-3-5-15/h1-12H,14H2. The highest BCUT2D eigenvalue weighted by Gasteiger charge is 2.31. The molecule has 0 aliphatic rings. The highest BCUT2D eigenvalue weighted by atomic mass is 19.4. The van der Waals surface area contributed by atoms with E-state index in [1.54, 1.807) is 24.3 Å². The van der Waals surface area contributed by atoms with Gasteiger partial charge in [0.2, 0.25) is 0 Å². The van der Waals surface area contributed by atoms with E-state index in [9.17, 15) is 13.2 Å². The predicted molar refractivity (Wildman–Crippen MR) is 93.4 cm³/mol. The van der Waals surface area contributed by atoms with Gasteiger partial charge in [0.1, 0.15) is 29.9 Å². The Labute approximate surface area is 154 Å². The fourth-order valence-electron chi connectivity index (χ4n) is 2.35. The second-order valence-electron chi connectivity index (χ2n) is 5.67. The van der Waals surface area contributed by atoms with Crippen LogP contribution in [0.1, 0.15) is 16.7 Å². The van der Waals surface area contributed by atoms with Gasteiger partial charge in [0.25, 0.3) is 0 Å². The Kier molecular flexibility index (Phi) is 5.32. The molecule has 3 aromatic carbocycles. The van der Waals surface area contributed by atoms with Crippen LogP contribution in [0.3, 0.4) is 0 Å². The summed E-state index contributed by atoms with van der Waals surface area (Å²) < 4.78 is 49.7. The van der Waals surface area contributed by atoms with E-state index in [0.29, 0.717) is 18.1 Å². The smallest absolute Gasteiger partial charge is 0.416 e. The number of halogens is 3. The normalized spacial score (nSPS) is 10.9. The fourth-order valence-corrected chi connectivity index (χ4v) is 2.35. The van der Waals surface area contributed by atoms with Gasteiger partial charge in [-0.15, -0.1) is 0 Å². The molecule has 136 valence electrons. The van der Waals surface area contributed by atoms with Gasteiger partial charge in [0.15, 0.2) is 0 Å². The van der Waals surface area contributed by atoms with Crippen LogP contribution in [0.25, 0.3) is 0 Å². The van der Waals surface area contributed by atoms with Crippen molar-refractivity contribution in [2.75, 3.05) is 0 Å². The molecule has 0 aliphatic heterocycles. The van der Waals surface area contributed by atoms with Crippen LogP contribution in [0.15, 0.2) is 72.8 Å². The summed E-state index contributed by atoms with van der Waals surface area (Å²) in [6.07, 6.45) is -4.51. The molecule has 3 rings (SSSR count). The topological polar surface area (TPSA) is 42.2 Å². The zero-order valence-corrected chi connectivity index (χ0v) is 14.0. The Balaban J connectivity index is 1.72. The molecule has 0 aliphatic carbocycles. The molecule has 3 nitrogen and oxygen atoms in total. The van der Waals surface area contributed by atoms with Gasteiger partial charge in [0, 0.05) is 0 Å². The van der Waals surface area contributed by atoms with Crippen LogP contribution in [0.2, 0.25) is 0 Å². The van der Waals surface area contributed by atoms with E-state index in [1.165, 1.54) is 0 Å². The van der Waals surface area contributed by atoms with Gasteiger partial charge < -0.3 is 9.47 Å². The summed E-state index contributed by atoms with van der Waals surface area (Å²) in [5, 5.41) is 9.08. The number of nitrogens with zero attached hydrogens (tertiary/aromatic N) is 1. The van der Waals surface area contributed by atoms with E-state index in [1.807, 2.05) is 36.4 Å². The minimum absolute atomic E-state index is 0.0207. The lowest BCUT2D eigenvalue weighted by Gasteiger charge is -2.12. The molecule has 0 N–H and O–H groups in total. The third-order valence-electron chi connectivity index (χ3n) is 3.73. The lowest BCUT2D eigenvalue weighted by atomic mass is 10.1. The molecule has 0 unspecified atom stereocenters. The van der Waals surface area contributed by atoms with Crippen LogP contribution in [0, 0.1) is 11.3 Å². The van der Waals surface area contributed by atoms with Crippen LogP contribution in [-0.4, -0.2) is 0 Å². The molecule has 27 heavy (non-hydrogen) atoms. The largest absolute Gasteiger partial charge is 0.489 e. The van der Waals surface area contributed by atoms with Gasteiger partial charge in [-0.1, -0.05) is 30.3 Å². The average molecular weight is 369 g/mol. The second-order valence-corrected chi connectivity index (χ2v) is 5.67. The molecule has 0 radical (unpaired) electrons. The Morgan fingerprint density at radius 1 is 0.852 bits per heavy atom. The summed E-state index contributed by atoms with van der Waals surface area (Å²) in [6.45, 7) is 0.396. The minimum Gasteiger partial charge on any atom is -0.489 e. The number of hydrogen-bond donors (Lipinski definition) is 0. The fraction of sp³-hybridized carbons (Fsp3) is 0.0952. The zero-order valence-electron chi connectivity index (χ0n) is 14.0. The molecule has 0 atom stereocenters. The molecule has 0 fully saturated rings. The number of alkyl halides is 3. The van der Waals surface area contributed by atoms with Gasteiger partial charge >= 0.3 is 6.18 Å². The van der Waals surface area contributed by atoms with Crippen LogP contribution < -0.4 is 9.47 Å². The summed E-state index contributed by atoms with van der Waals surface area (Å²) in [5.41, 5.74) is 0.159. The third-order valence-corrected chi connectivity index (χ3v) is 3.73. The van der Waals surface area contributed by atoms with Gasteiger partial charge in [0.05, 0.1) is 11.1 Å². The molecule has 0 heterocycles. The Hall–Kier alpha value is -3.46. The Bertz CT molecular complexity index is 946. The summed E-state index contributed by atoms with van der Waals surface area (Å²) >= 11 is 0. The maximum atomic E-state index is 12.9. The van der Waals surface area contributed by atoms with Crippen molar-refractivity contribution in [3.8, 4) is 23.3 Å². The highest BCUT2D eigenvalue weighted by Crippen LogP contribution is 2.35. The van der Waals surface area contributed by atoms with Gasteiger partial charge in [-0.25, -0.2) is 0 Å². The van der Waals surface area contributed by atoms with E-state index < -0.39 is 11.7 Å². The highest BCUT2D eigenvalue weighted by molar-refractivity contribution is 5.48. The maximum absolute atomic E-state index is 12.9. The number of nitriles is 1. The van der Waals surface area contributed by atoms with Crippen LogP contribution >= 0.6 is 0 Å². The first-order chi connectivity index (χ1) is 13.0. The first-order valence-corrected chi connectivity index (χ1v) is 8.02. The monoisotopic (exact) mass is 369 g/mol. The van der Waals surface area contributed by atoms with Crippen molar-refractivity contribution < 1.29 is 22.6 Å². The SMILES string of the molecule is N#Cc1ccc(C(F)(F)F)cc1Oc1ccc(OCc2ccccc2)cc1. The van der Waals surface area contributed by atoms with E-state index in [2.05, 4.69) is 0 Å². The maximum Gasteiger partial charge on any atom is 0.416 e. The predicted octanol–water partition coefficient (Wildman–Crippen LogP) is 5.95. The lowest BCUT2D eigenvalue weighted by molar-refractivity contribution is -0.137. The van der Waals surface area contributed by atoms with Gasteiger partial charge in [-0.2, -0.15) is 18.4 Å². The second kappa shape index (κ2) is 7.83. The first-order valence-electron chi connectivity index (χ1n) is 8.02. The number of hydrogen-bond acceptors (Lipinski definition) is 3. The average Bonchev–Trinajstić information content (AvgIpc) is 2.67. The van der Waals surface area contributed by atoms with Gasteiger partial charge in [-0.05, 0) is 48.0 Å². The van der Waals surface area contributed by atoms with Gasteiger partial charge in [-0.3, -0.25) is 0 Å². The summed E-state index contributed by atoms with van der Waals surface area (Å²) in [4.78, 5) is 0. The zero-order chi connectivity index (χ0) is 19.3. The lowest BCUT2D eigenvalue weighted by Crippen LogP contribution is -2.05. The van der Waals surface area contributed by atoms with Crippen LogP contribution in [-0.2, 0) is 12.8 Å². The van der Waals surface area contributed by atoms with E-state index in [-0.39, 0.29) is 11.3 Å². The number of benzene rings is 3. The summed E-state index contributed by atoms with van der Waals surface area (Å²) in [7, 11) is 0. The van der Waals surface area contributed by atoms with E-state index in [0.717, 1.165) is 23.8 Å². The molecule has 0 saturated heterocycles.